The van der Waals surface area contributed by atoms with Gasteiger partial charge in [-0.2, -0.15) is 0 Å². The highest BCUT2D eigenvalue weighted by atomic mass is 16.5. The summed E-state index contributed by atoms with van der Waals surface area (Å²) >= 11 is 0. The summed E-state index contributed by atoms with van der Waals surface area (Å²) < 4.78 is 12.0. The van der Waals surface area contributed by atoms with Crippen LogP contribution in [0.2, 0.25) is 0 Å². The van der Waals surface area contributed by atoms with Crippen LogP contribution in [0.25, 0.3) is 0 Å². The van der Waals surface area contributed by atoms with E-state index in [9.17, 15) is 0 Å². The summed E-state index contributed by atoms with van der Waals surface area (Å²) in [5.41, 5.74) is 0. The normalized spacial score (nSPS) is 12.8. The Balaban J connectivity index is 1.82. The van der Waals surface area contributed by atoms with Gasteiger partial charge in [0, 0.05) is 0 Å². The Morgan fingerprint density at radius 2 is 0.562 bits per heavy atom. The number of ether oxygens (including phenoxy) is 2. The molecule has 2 unspecified atom stereocenters. The van der Waals surface area contributed by atoms with Crippen LogP contribution in [0.5, 0.6) is 11.5 Å². The van der Waals surface area contributed by atoms with E-state index in [1.807, 2.05) is 0 Å². The molecule has 48 heavy (non-hydrogen) atoms. The third kappa shape index (κ3) is 30.8. The Morgan fingerprint density at radius 3 is 0.833 bits per heavy atom. The molecule has 2 atom stereocenters. The van der Waals surface area contributed by atoms with Crippen molar-refractivity contribution in [3.8, 4) is 11.5 Å². The molecule has 1 rings (SSSR count). The van der Waals surface area contributed by atoms with Crippen LogP contribution in [0, 0.1) is 11.8 Å². The Morgan fingerprint density at radius 1 is 0.333 bits per heavy atom. The fourth-order valence-electron chi connectivity index (χ4n) is 7.16. The Hall–Kier alpha value is -1.18. The van der Waals surface area contributed by atoms with Gasteiger partial charge in [0.2, 0.25) is 0 Å². The molecule has 2 nitrogen and oxygen atoms in total. The minimum absolute atomic E-state index is 0.829. The summed E-state index contributed by atoms with van der Waals surface area (Å²) in [5, 5.41) is 0. The van der Waals surface area contributed by atoms with Crippen LogP contribution in [-0.2, 0) is 0 Å². The summed E-state index contributed by atoms with van der Waals surface area (Å²) in [6, 6.07) is 8.27. The first-order valence-corrected chi connectivity index (χ1v) is 22.0. The lowest BCUT2D eigenvalue weighted by atomic mass is 9.96. The van der Waals surface area contributed by atoms with E-state index in [1.165, 1.54) is 193 Å². The quantitative estimate of drug-likeness (QED) is 0.0652. The molecule has 0 fully saturated rings. The lowest BCUT2D eigenvalue weighted by molar-refractivity contribution is 0.296. The van der Waals surface area contributed by atoms with Crippen molar-refractivity contribution in [3.05, 3.63) is 24.3 Å². The van der Waals surface area contributed by atoms with E-state index in [0.29, 0.717) is 0 Å². The monoisotopic (exact) mass is 671 g/mol. The van der Waals surface area contributed by atoms with Crippen molar-refractivity contribution in [2.45, 2.75) is 233 Å². The SMILES string of the molecule is CCCCCCC(C)CCCCCCCCCCCCOc1ccc(OCCCCCCCCCCCCC(C)CCCCCC)cc1. The maximum atomic E-state index is 5.98. The zero-order valence-corrected chi connectivity index (χ0v) is 33.3. The highest BCUT2D eigenvalue weighted by Crippen LogP contribution is 2.21. The summed E-state index contributed by atoms with van der Waals surface area (Å²) in [4.78, 5) is 0. The van der Waals surface area contributed by atoms with Crippen LogP contribution >= 0.6 is 0 Å². The van der Waals surface area contributed by atoms with Crippen LogP contribution in [-0.4, -0.2) is 13.2 Å². The summed E-state index contributed by atoms with van der Waals surface area (Å²) in [7, 11) is 0. The summed E-state index contributed by atoms with van der Waals surface area (Å²) in [6.07, 6.45) is 44.7. The molecule has 0 aliphatic carbocycles. The second-order valence-electron chi connectivity index (χ2n) is 15.7. The first kappa shape index (κ1) is 44.8. The molecule has 0 bridgehead atoms. The molecule has 282 valence electrons. The predicted molar refractivity (Wildman–Crippen MR) is 215 cm³/mol. The van der Waals surface area contributed by atoms with E-state index in [4.69, 9.17) is 9.47 Å². The number of unbranched alkanes of at least 4 members (excludes halogenated alkanes) is 24. The van der Waals surface area contributed by atoms with Gasteiger partial charge in [0.15, 0.2) is 0 Å². The molecule has 0 aromatic heterocycles. The topological polar surface area (TPSA) is 18.5 Å². The van der Waals surface area contributed by atoms with Crippen molar-refractivity contribution in [1.29, 1.82) is 0 Å². The number of rotatable bonds is 38. The van der Waals surface area contributed by atoms with E-state index in [0.717, 1.165) is 49.4 Å². The van der Waals surface area contributed by atoms with E-state index >= 15 is 0 Å². The van der Waals surface area contributed by atoms with Crippen LogP contribution < -0.4 is 9.47 Å². The van der Waals surface area contributed by atoms with E-state index in [2.05, 4.69) is 52.0 Å². The molecule has 0 saturated heterocycles. The van der Waals surface area contributed by atoms with Crippen LogP contribution in [0.3, 0.4) is 0 Å². The van der Waals surface area contributed by atoms with Gasteiger partial charge in [-0.05, 0) is 48.9 Å². The maximum absolute atomic E-state index is 5.98. The van der Waals surface area contributed by atoms with Crippen molar-refractivity contribution >= 4 is 0 Å². The fourth-order valence-corrected chi connectivity index (χ4v) is 7.16. The van der Waals surface area contributed by atoms with Crippen molar-refractivity contribution < 1.29 is 9.47 Å². The van der Waals surface area contributed by atoms with Gasteiger partial charge < -0.3 is 9.47 Å². The van der Waals surface area contributed by atoms with E-state index in [1.54, 1.807) is 0 Å². The molecule has 1 aromatic rings. The standard InChI is InChI=1S/C46H86O2/c1-5-7-9-27-33-43(3)35-29-23-19-15-11-13-17-21-25-31-41-47-45-37-39-46(40-38-45)48-42-32-26-22-18-14-12-16-20-24-30-36-44(4)34-28-10-8-6-2/h37-40,43-44H,5-36,41-42H2,1-4H3. The highest BCUT2D eigenvalue weighted by molar-refractivity contribution is 5.31. The van der Waals surface area contributed by atoms with E-state index < -0.39 is 0 Å². The van der Waals surface area contributed by atoms with Crippen molar-refractivity contribution in [2.24, 2.45) is 11.8 Å². The molecule has 0 N–H and O–H groups in total. The molecule has 0 spiro atoms. The van der Waals surface area contributed by atoms with Gasteiger partial charge in [-0.3, -0.25) is 0 Å². The molecule has 0 heterocycles. The smallest absolute Gasteiger partial charge is 0.119 e. The minimum atomic E-state index is 0.829. The van der Waals surface area contributed by atoms with Crippen molar-refractivity contribution in [3.63, 3.8) is 0 Å². The average molecular weight is 671 g/mol. The number of benzene rings is 1. The van der Waals surface area contributed by atoms with Gasteiger partial charge in [0.1, 0.15) is 11.5 Å². The van der Waals surface area contributed by atoms with Crippen molar-refractivity contribution in [2.75, 3.05) is 13.2 Å². The third-order valence-electron chi connectivity index (χ3n) is 10.6. The largest absolute Gasteiger partial charge is 0.494 e. The molecular formula is C46H86O2. The molecular weight excluding hydrogens is 585 g/mol. The van der Waals surface area contributed by atoms with Crippen molar-refractivity contribution in [1.82, 2.24) is 0 Å². The molecule has 0 aliphatic heterocycles. The zero-order chi connectivity index (χ0) is 34.6. The average Bonchev–Trinajstić information content (AvgIpc) is 3.09. The van der Waals surface area contributed by atoms with E-state index in [-0.39, 0.29) is 0 Å². The molecule has 1 aromatic carbocycles. The predicted octanol–water partition coefficient (Wildman–Crippen LogP) is 16.2. The first-order chi connectivity index (χ1) is 23.7. The van der Waals surface area contributed by atoms with Gasteiger partial charge in [-0.15, -0.1) is 0 Å². The van der Waals surface area contributed by atoms with Crippen LogP contribution in [0.15, 0.2) is 24.3 Å². The summed E-state index contributed by atoms with van der Waals surface area (Å²) in [5.74, 6) is 3.83. The Bertz CT molecular complexity index is 680. The second kappa shape index (κ2) is 35.6. The molecule has 0 amide bonds. The summed E-state index contributed by atoms with van der Waals surface area (Å²) in [6.45, 7) is 11.2. The zero-order valence-electron chi connectivity index (χ0n) is 33.3. The third-order valence-corrected chi connectivity index (χ3v) is 10.6. The fraction of sp³-hybridized carbons (Fsp3) is 0.870. The molecule has 0 aliphatic rings. The van der Waals surface area contributed by atoms with Crippen LogP contribution in [0.1, 0.15) is 233 Å². The number of hydrogen-bond acceptors (Lipinski definition) is 2. The molecule has 2 heteroatoms. The molecule has 0 radical (unpaired) electrons. The lowest BCUT2D eigenvalue weighted by Crippen LogP contribution is -1.99. The Labute approximate surface area is 302 Å². The highest BCUT2D eigenvalue weighted by Gasteiger charge is 2.04. The lowest BCUT2D eigenvalue weighted by Gasteiger charge is -2.11. The second-order valence-corrected chi connectivity index (χ2v) is 15.7. The maximum Gasteiger partial charge on any atom is 0.119 e. The van der Waals surface area contributed by atoms with Gasteiger partial charge in [-0.25, -0.2) is 0 Å². The van der Waals surface area contributed by atoms with Crippen LogP contribution in [0.4, 0.5) is 0 Å². The molecule has 0 saturated carbocycles. The van der Waals surface area contributed by atoms with Gasteiger partial charge in [-0.1, -0.05) is 220 Å². The van der Waals surface area contributed by atoms with Gasteiger partial charge >= 0.3 is 0 Å². The number of hydrogen-bond donors (Lipinski definition) is 0. The Kier molecular flexibility index (Phi) is 33.3. The van der Waals surface area contributed by atoms with Gasteiger partial charge in [0.25, 0.3) is 0 Å². The minimum Gasteiger partial charge on any atom is -0.494 e. The van der Waals surface area contributed by atoms with Gasteiger partial charge in [0.05, 0.1) is 13.2 Å². The first-order valence-electron chi connectivity index (χ1n) is 22.0.